The average molecular weight is 344 g/mol. The summed E-state index contributed by atoms with van der Waals surface area (Å²) in [4.78, 5) is 23.2. The Morgan fingerprint density at radius 1 is 1.29 bits per heavy atom. The minimum atomic E-state index is -0.714. The Hall–Kier alpha value is -2.72. The average Bonchev–Trinajstić information content (AvgIpc) is 3.03. The predicted molar refractivity (Wildman–Crippen MR) is 89.5 cm³/mol. The van der Waals surface area contributed by atoms with Crippen LogP contribution in [0.3, 0.4) is 0 Å². The first-order chi connectivity index (χ1) is 11.6. The molecule has 0 spiro atoms. The largest absolute Gasteiger partial charge is 0.466 e. The maximum Gasteiger partial charge on any atom is 0.354 e. The Morgan fingerprint density at radius 2 is 2.00 bits per heavy atom. The molecule has 1 aliphatic heterocycles. The SMILES string of the molecule is COC(=O)/C=C(\NC1=C(C#N)C(c2ccccc2)CS1)C(=O)OC. The molecule has 6 nitrogen and oxygen atoms in total. The number of ether oxygens (including phenoxy) is 2. The molecule has 124 valence electrons. The monoisotopic (exact) mass is 344 g/mol. The molecule has 0 radical (unpaired) electrons. The van der Waals surface area contributed by atoms with Gasteiger partial charge in [-0.3, -0.25) is 0 Å². The van der Waals surface area contributed by atoms with Crippen LogP contribution in [0.15, 0.2) is 52.7 Å². The van der Waals surface area contributed by atoms with Crippen LogP contribution in [-0.2, 0) is 19.1 Å². The minimum absolute atomic E-state index is 0.0688. The number of nitrogens with one attached hydrogen (secondary N) is 1. The highest BCUT2D eigenvalue weighted by Crippen LogP contribution is 2.40. The van der Waals surface area contributed by atoms with Gasteiger partial charge in [0.15, 0.2) is 0 Å². The van der Waals surface area contributed by atoms with E-state index in [2.05, 4.69) is 20.9 Å². The Bertz CT molecular complexity index is 735. The van der Waals surface area contributed by atoms with Crippen molar-refractivity contribution in [3.05, 3.63) is 58.3 Å². The molecule has 1 atom stereocenters. The van der Waals surface area contributed by atoms with Crippen LogP contribution in [-0.4, -0.2) is 31.9 Å². The van der Waals surface area contributed by atoms with E-state index in [0.29, 0.717) is 16.4 Å². The molecule has 1 heterocycles. The smallest absolute Gasteiger partial charge is 0.354 e. The molecule has 1 aromatic carbocycles. The van der Waals surface area contributed by atoms with E-state index in [0.717, 1.165) is 11.6 Å². The second-order valence-corrected chi connectivity index (χ2v) is 5.86. The Kier molecular flexibility index (Phi) is 6.04. The van der Waals surface area contributed by atoms with Crippen molar-refractivity contribution in [1.29, 1.82) is 5.26 Å². The molecule has 2 rings (SSSR count). The van der Waals surface area contributed by atoms with E-state index in [4.69, 9.17) is 0 Å². The van der Waals surface area contributed by atoms with Crippen LogP contribution in [0.4, 0.5) is 0 Å². The number of hydrogen-bond acceptors (Lipinski definition) is 7. The number of carbonyl (C=O) groups excluding carboxylic acids is 2. The van der Waals surface area contributed by atoms with Gasteiger partial charge in [0.25, 0.3) is 0 Å². The number of carbonyl (C=O) groups is 2. The summed E-state index contributed by atoms with van der Waals surface area (Å²) in [5.74, 6) is -0.804. The van der Waals surface area contributed by atoms with E-state index in [9.17, 15) is 14.9 Å². The summed E-state index contributed by atoms with van der Waals surface area (Å²) in [6.45, 7) is 0. The lowest BCUT2D eigenvalue weighted by molar-refractivity contribution is -0.138. The van der Waals surface area contributed by atoms with Crippen LogP contribution in [0.1, 0.15) is 11.5 Å². The van der Waals surface area contributed by atoms with E-state index in [1.54, 1.807) is 0 Å². The summed E-state index contributed by atoms with van der Waals surface area (Å²) in [7, 11) is 2.42. The van der Waals surface area contributed by atoms with Gasteiger partial charge in [0.2, 0.25) is 0 Å². The van der Waals surface area contributed by atoms with Crippen molar-refractivity contribution in [1.82, 2.24) is 5.32 Å². The maximum atomic E-state index is 11.8. The fraction of sp³-hybridized carbons (Fsp3) is 0.235. The molecule has 0 bridgehead atoms. The lowest BCUT2D eigenvalue weighted by Gasteiger charge is -2.11. The first-order valence-electron chi connectivity index (χ1n) is 7.07. The second-order valence-electron chi connectivity index (χ2n) is 4.83. The van der Waals surface area contributed by atoms with Gasteiger partial charge in [0.1, 0.15) is 5.70 Å². The quantitative estimate of drug-likeness (QED) is 0.646. The molecule has 0 aromatic heterocycles. The Balaban J connectivity index is 2.32. The fourth-order valence-corrected chi connectivity index (χ4v) is 3.44. The van der Waals surface area contributed by atoms with Gasteiger partial charge in [-0.05, 0) is 5.56 Å². The molecule has 1 N–H and O–H groups in total. The van der Waals surface area contributed by atoms with Crippen LogP contribution in [0, 0.1) is 11.3 Å². The molecular formula is C17H16N2O4S. The highest BCUT2D eigenvalue weighted by Gasteiger charge is 2.29. The van der Waals surface area contributed by atoms with Gasteiger partial charge in [-0.25, -0.2) is 9.59 Å². The van der Waals surface area contributed by atoms with Crippen LogP contribution in [0.25, 0.3) is 0 Å². The summed E-state index contributed by atoms with van der Waals surface area (Å²) in [5.41, 5.74) is 1.47. The molecule has 1 aliphatic rings. The van der Waals surface area contributed by atoms with E-state index < -0.39 is 11.9 Å². The first-order valence-corrected chi connectivity index (χ1v) is 8.06. The van der Waals surface area contributed by atoms with Gasteiger partial charge >= 0.3 is 11.9 Å². The topological polar surface area (TPSA) is 88.4 Å². The first kappa shape index (κ1) is 17.6. The highest BCUT2D eigenvalue weighted by atomic mass is 32.2. The fourth-order valence-electron chi connectivity index (χ4n) is 2.22. The third kappa shape index (κ3) is 3.97. The van der Waals surface area contributed by atoms with Crippen LogP contribution < -0.4 is 5.32 Å². The number of esters is 2. The van der Waals surface area contributed by atoms with Gasteiger partial charge < -0.3 is 14.8 Å². The third-order valence-electron chi connectivity index (χ3n) is 3.43. The minimum Gasteiger partial charge on any atom is -0.466 e. The van der Waals surface area contributed by atoms with E-state index in [1.165, 1.54) is 26.0 Å². The van der Waals surface area contributed by atoms with Crippen molar-refractivity contribution < 1.29 is 19.1 Å². The number of benzene rings is 1. The van der Waals surface area contributed by atoms with Gasteiger partial charge in [-0.1, -0.05) is 30.3 Å². The summed E-state index contributed by atoms with van der Waals surface area (Å²) in [5, 5.41) is 12.9. The van der Waals surface area contributed by atoms with E-state index in [-0.39, 0.29) is 11.6 Å². The molecule has 7 heteroatoms. The van der Waals surface area contributed by atoms with Gasteiger partial charge in [0.05, 0.1) is 37.0 Å². The predicted octanol–water partition coefficient (Wildman–Crippen LogP) is 2.07. The van der Waals surface area contributed by atoms with Crippen molar-refractivity contribution in [3.8, 4) is 6.07 Å². The van der Waals surface area contributed by atoms with Crippen LogP contribution in [0.5, 0.6) is 0 Å². The number of allylic oxidation sites excluding steroid dienone is 1. The molecule has 24 heavy (non-hydrogen) atoms. The zero-order valence-corrected chi connectivity index (χ0v) is 14.1. The number of hydrogen-bond donors (Lipinski definition) is 1. The van der Waals surface area contributed by atoms with Crippen molar-refractivity contribution in [2.24, 2.45) is 0 Å². The summed E-state index contributed by atoms with van der Waals surface area (Å²) in [6, 6.07) is 11.8. The number of methoxy groups -OCH3 is 2. The third-order valence-corrected chi connectivity index (χ3v) is 4.54. The van der Waals surface area contributed by atoms with Gasteiger partial charge in [0, 0.05) is 11.7 Å². The van der Waals surface area contributed by atoms with Crippen LogP contribution in [0.2, 0.25) is 0 Å². The standard InChI is InChI=1S/C17H16N2O4S/c1-22-15(20)8-14(17(21)23-2)19-16-12(9-18)13(10-24-16)11-6-4-3-5-7-11/h3-8,13,19H,10H2,1-2H3/b14-8-. The molecule has 1 aromatic rings. The molecule has 0 saturated heterocycles. The van der Waals surface area contributed by atoms with Crippen molar-refractivity contribution >= 4 is 23.7 Å². The highest BCUT2D eigenvalue weighted by molar-refractivity contribution is 8.03. The molecule has 0 amide bonds. The molecule has 0 aliphatic carbocycles. The maximum absolute atomic E-state index is 11.8. The molecule has 1 unspecified atom stereocenters. The number of rotatable bonds is 5. The van der Waals surface area contributed by atoms with Gasteiger partial charge in [-0.15, -0.1) is 11.8 Å². The van der Waals surface area contributed by atoms with E-state index >= 15 is 0 Å². The lowest BCUT2D eigenvalue weighted by atomic mass is 9.94. The number of nitrogens with zero attached hydrogens (tertiary/aromatic N) is 1. The zero-order valence-electron chi connectivity index (χ0n) is 13.2. The van der Waals surface area contributed by atoms with Crippen molar-refractivity contribution in [3.63, 3.8) is 0 Å². The molecular weight excluding hydrogens is 328 g/mol. The lowest BCUT2D eigenvalue weighted by Crippen LogP contribution is -2.22. The Labute approximate surface area is 144 Å². The molecule has 0 fully saturated rings. The summed E-state index contributed by atoms with van der Waals surface area (Å²) in [6.07, 6.45) is 1.00. The summed E-state index contributed by atoms with van der Waals surface area (Å²) < 4.78 is 9.19. The normalized spacial score (nSPS) is 17.2. The molecule has 0 saturated carbocycles. The Morgan fingerprint density at radius 3 is 2.58 bits per heavy atom. The van der Waals surface area contributed by atoms with Crippen molar-refractivity contribution in [2.75, 3.05) is 20.0 Å². The zero-order chi connectivity index (χ0) is 17.5. The second kappa shape index (κ2) is 8.22. The van der Waals surface area contributed by atoms with Crippen LogP contribution >= 0.6 is 11.8 Å². The summed E-state index contributed by atoms with van der Waals surface area (Å²) >= 11 is 1.41. The van der Waals surface area contributed by atoms with Crippen molar-refractivity contribution in [2.45, 2.75) is 5.92 Å². The van der Waals surface area contributed by atoms with E-state index in [1.807, 2.05) is 30.3 Å². The number of nitriles is 1. The number of thioether (sulfide) groups is 1. The van der Waals surface area contributed by atoms with Gasteiger partial charge in [-0.2, -0.15) is 5.26 Å².